The molecule has 2 heterocycles. The molecule has 0 saturated heterocycles. The first-order valence-electron chi connectivity index (χ1n) is 9.79. The third-order valence-electron chi connectivity index (χ3n) is 5.00. The number of Topliss-reactive ketones (excluding diaryl/α,β-unsaturated/α-hetero) is 1. The van der Waals surface area contributed by atoms with Gasteiger partial charge in [-0.3, -0.25) is 14.2 Å². The van der Waals surface area contributed by atoms with E-state index in [0.29, 0.717) is 22.4 Å². The second-order valence-electron chi connectivity index (χ2n) is 7.14. The maximum Gasteiger partial charge on any atom is 0.263 e. The highest BCUT2D eigenvalue weighted by atomic mass is 32.1. The summed E-state index contributed by atoms with van der Waals surface area (Å²) in [5, 5.41) is 0.556. The number of aromatic nitrogens is 2. The Morgan fingerprint density at radius 1 is 1.07 bits per heavy atom. The van der Waals surface area contributed by atoms with Crippen LogP contribution in [0.4, 0.5) is 0 Å². The number of hydrogen-bond donors (Lipinski definition) is 0. The average Bonchev–Trinajstić information content (AvgIpc) is 3.08. The van der Waals surface area contributed by atoms with Crippen molar-refractivity contribution in [3.63, 3.8) is 0 Å². The van der Waals surface area contributed by atoms with E-state index in [2.05, 4.69) is 4.98 Å². The number of aryl methyl sites for hydroxylation is 2. The van der Waals surface area contributed by atoms with Crippen molar-refractivity contribution >= 4 is 27.3 Å². The summed E-state index contributed by atoms with van der Waals surface area (Å²) < 4.78 is 6.92. The van der Waals surface area contributed by atoms with Crippen molar-refractivity contribution in [2.24, 2.45) is 0 Å². The van der Waals surface area contributed by atoms with Gasteiger partial charge in [-0.1, -0.05) is 42.0 Å². The molecule has 2 aromatic heterocycles. The van der Waals surface area contributed by atoms with Crippen LogP contribution in [0.3, 0.4) is 0 Å². The van der Waals surface area contributed by atoms with Gasteiger partial charge in [-0.05, 0) is 38.5 Å². The zero-order chi connectivity index (χ0) is 21.3. The Morgan fingerprint density at radius 3 is 2.43 bits per heavy atom. The van der Waals surface area contributed by atoms with Gasteiger partial charge in [-0.2, -0.15) is 0 Å². The van der Waals surface area contributed by atoms with Crippen molar-refractivity contribution in [1.29, 1.82) is 0 Å². The molecule has 0 saturated carbocycles. The molecular formula is C24H22N2O3S. The number of benzene rings is 2. The lowest BCUT2D eigenvalue weighted by atomic mass is 10.0. The van der Waals surface area contributed by atoms with Crippen molar-refractivity contribution in [2.75, 3.05) is 6.61 Å². The molecule has 0 atom stereocenters. The van der Waals surface area contributed by atoms with Gasteiger partial charge in [0.1, 0.15) is 10.6 Å². The van der Waals surface area contributed by atoms with E-state index in [4.69, 9.17) is 4.74 Å². The van der Waals surface area contributed by atoms with Gasteiger partial charge in [0.2, 0.25) is 0 Å². The van der Waals surface area contributed by atoms with Gasteiger partial charge in [0.25, 0.3) is 5.56 Å². The Balaban J connectivity index is 1.74. The van der Waals surface area contributed by atoms with Crippen molar-refractivity contribution in [3.8, 4) is 16.9 Å². The van der Waals surface area contributed by atoms with Crippen LogP contribution in [0, 0.1) is 13.8 Å². The number of carbonyl (C=O) groups excluding carboxylic acids is 1. The number of thiophene rings is 1. The van der Waals surface area contributed by atoms with E-state index in [1.807, 2.05) is 57.2 Å². The van der Waals surface area contributed by atoms with E-state index < -0.39 is 0 Å². The summed E-state index contributed by atoms with van der Waals surface area (Å²) in [7, 11) is 0. The van der Waals surface area contributed by atoms with E-state index in [1.54, 1.807) is 12.1 Å². The molecular weight excluding hydrogens is 396 g/mol. The second kappa shape index (κ2) is 8.24. The summed E-state index contributed by atoms with van der Waals surface area (Å²) in [6.45, 7) is 6.46. The van der Waals surface area contributed by atoms with Crippen LogP contribution in [-0.4, -0.2) is 21.9 Å². The minimum absolute atomic E-state index is 0.0392. The van der Waals surface area contributed by atoms with Crippen LogP contribution in [0.2, 0.25) is 0 Å². The monoisotopic (exact) mass is 418 g/mol. The molecule has 0 aliphatic rings. The highest BCUT2D eigenvalue weighted by Gasteiger charge is 2.18. The van der Waals surface area contributed by atoms with Crippen LogP contribution >= 0.6 is 11.3 Å². The maximum atomic E-state index is 13.3. The van der Waals surface area contributed by atoms with Crippen LogP contribution in [0.5, 0.6) is 5.75 Å². The third kappa shape index (κ3) is 3.78. The fourth-order valence-corrected chi connectivity index (χ4v) is 4.47. The summed E-state index contributed by atoms with van der Waals surface area (Å²) in [6.07, 6.45) is 1.47. The highest BCUT2D eigenvalue weighted by molar-refractivity contribution is 7.19. The zero-order valence-electron chi connectivity index (χ0n) is 17.1. The van der Waals surface area contributed by atoms with Crippen molar-refractivity contribution in [3.05, 3.63) is 81.2 Å². The predicted molar refractivity (Wildman–Crippen MR) is 121 cm³/mol. The second-order valence-corrected chi connectivity index (χ2v) is 8.34. The first kappa shape index (κ1) is 20.0. The Hall–Kier alpha value is -3.25. The predicted octanol–water partition coefficient (Wildman–Crippen LogP) is 5.02. The number of carbonyl (C=O) groups is 1. The van der Waals surface area contributed by atoms with Gasteiger partial charge in [0, 0.05) is 16.0 Å². The molecule has 30 heavy (non-hydrogen) atoms. The lowest BCUT2D eigenvalue weighted by Crippen LogP contribution is -2.24. The minimum atomic E-state index is -0.200. The van der Waals surface area contributed by atoms with Gasteiger partial charge in [0.15, 0.2) is 5.78 Å². The molecule has 0 radical (unpaired) electrons. The number of ether oxygens (including phenoxy) is 1. The number of rotatable bonds is 6. The third-order valence-corrected chi connectivity index (χ3v) is 6.01. The molecule has 152 valence electrons. The fraction of sp³-hybridized carbons (Fsp3) is 0.208. The summed E-state index contributed by atoms with van der Waals surface area (Å²) in [5.41, 5.74) is 3.27. The van der Waals surface area contributed by atoms with Gasteiger partial charge < -0.3 is 4.74 Å². The average molecular weight is 419 g/mol. The molecule has 2 aromatic carbocycles. The Kier molecular flexibility index (Phi) is 5.50. The van der Waals surface area contributed by atoms with Gasteiger partial charge in [0.05, 0.1) is 24.9 Å². The SMILES string of the molecule is CCOc1ccc(-c2c(C)sc3ncn(CC(=O)c4ccc(C)cc4)c(=O)c23)cc1. The van der Waals surface area contributed by atoms with Crippen molar-refractivity contribution in [1.82, 2.24) is 9.55 Å². The summed E-state index contributed by atoms with van der Waals surface area (Å²) in [5.74, 6) is 0.672. The van der Waals surface area contributed by atoms with Crippen molar-refractivity contribution < 1.29 is 9.53 Å². The number of ketones is 1. The van der Waals surface area contributed by atoms with E-state index >= 15 is 0 Å². The molecule has 0 N–H and O–H groups in total. The minimum Gasteiger partial charge on any atom is -0.494 e. The topological polar surface area (TPSA) is 61.2 Å². The lowest BCUT2D eigenvalue weighted by molar-refractivity contribution is 0.0970. The molecule has 0 aliphatic heterocycles. The van der Waals surface area contributed by atoms with Crippen LogP contribution in [0.15, 0.2) is 59.7 Å². The molecule has 0 amide bonds. The molecule has 4 rings (SSSR count). The van der Waals surface area contributed by atoms with E-state index in [9.17, 15) is 9.59 Å². The molecule has 0 fully saturated rings. The molecule has 5 nitrogen and oxygen atoms in total. The Labute approximate surface area is 178 Å². The zero-order valence-corrected chi connectivity index (χ0v) is 18.0. The van der Waals surface area contributed by atoms with Crippen molar-refractivity contribution in [2.45, 2.75) is 27.3 Å². The van der Waals surface area contributed by atoms with Gasteiger partial charge in [-0.15, -0.1) is 11.3 Å². The molecule has 4 aromatic rings. The van der Waals surface area contributed by atoms with Crippen LogP contribution in [0.1, 0.15) is 27.7 Å². The number of hydrogen-bond acceptors (Lipinski definition) is 5. The van der Waals surface area contributed by atoms with E-state index in [1.165, 1.54) is 22.2 Å². The fourth-order valence-electron chi connectivity index (χ4n) is 3.47. The Morgan fingerprint density at radius 2 is 1.77 bits per heavy atom. The molecule has 0 spiro atoms. The quantitative estimate of drug-likeness (QED) is 0.412. The highest BCUT2D eigenvalue weighted by Crippen LogP contribution is 2.36. The van der Waals surface area contributed by atoms with Crippen LogP contribution < -0.4 is 10.3 Å². The number of nitrogens with zero attached hydrogens (tertiary/aromatic N) is 2. The molecule has 6 heteroatoms. The molecule has 0 bridgehead atoms. The summed E-state index contributed by atoms with van der Waals surface area (Å²) >= 11 is 1.49. The normalized spacial score (nSPS) is 11.0. The first-order chi connectivity index (χ1) is 14.5. The van der Waals surface area contributed by atoms with Gasteiger partial charge in [-0.25, -0.2) is 4.98 Å². The van der Waals surface area contributed by atoms with E-state index in [0.717, 1.165) is 27.3 Å². The molecule has 0 unspecified atom stereocenters. The lowest BCUT2D eigenvalue weighted by Gasteiger charge is -2.08. The summed E-state index contributed by atoms with van der Waals surface area (Å²) in [4.78, 5) is 32.1. The molecule has 0 aliphatic carbocycles. The maximum absolute atomic E-state index is 13.3. The van der Waals surface area contributed by atoms with E-state index in [-0.39, 0.29) is 17.9 Å². The number of fused-ring (bicyclic) bond motifs is 1. The largest absolute Gasteiger partial charge is 0.494 e. The first-order valence-corrected chi connectivity index (χ1v) is 10.6. The van der Waals surface area contributed by atoms with Crippen LogP contribution in [0.25, 0.3) is 21.3 Å². The summed E-state index contributed by atoms with van der Waals surface area (Å²) in [6, 6.07) is 15.1. The standard InChI is InChI=1S/C24H22N2O3S/c1-4-29-19-11-9-18(10-12-19)21-16(3)30-23-22(21)24(28)26(14-25-23)13-20(27)17-7-5-15(2)6-8-17/h5-12,14H,4,13H2,1-3H3. The Bertz CT molecular complexity index is 1270. The van der Waals surface area contributed by atoms with Crippen LogP contribution in [-0.2, 0) is 6.54 Å². The smallest absolute Gasteiger partial charge is 0.263 e. The van der Waals surface area contributed by atoms with Gasteiger partial charge >= 0.3 is 0 Å².